The number of amides is 1. The minimum atomic E-state index is -0.777. The highest BCUT2D eigenvalue weighted by Crippen LogP contribution is 2.29. The number of unbranched alkanes of at least 4 members (excludes halogenated alkanes) is 1. The summed E-state index contributed by atoms with van der Waals surface area (Å²) >= 11 is 0. The summed E-state index contributed by atoms with van der Waals surface area (Å²) in [5, 5.41) is 14.6. The predicted molar refractivity (Wildman–Crippen MR) is 64.7 cm³/mol. The van der Waals surface area contributed by atoms with Gasteiger partial charge in [-0.05, 0) is 32.2 Å². The number of carbonyl (C=O) groups is 2. The first-order valence-corrected chi connectivity index (χ1v) is 6.31. The van der Waals surface area contributed by atoms with Crippen LogP contribution in [0, 0.1) is 5.41 Å². The molecule has 5 nitrogen and oxygen atoms in total. The van der Waals surface area contributed by atoms with Gasteiger partial charge in [0.2, 0.25) is 5.91 Å². The molecule has 0 radical (unpaired) electrons. The first-order valence-electron chi connectivity index (χ1n) is 6.31. The summed E-state index contributed by atoms with van der Waals surface area (Å²) in [6, 6.07) is 0. The molecule has 0 aromatic carbocycles. The summed E-state index contributed by atoms with van der Waals surface area (Å²) in [6.07, 6.45) is 3.26. The Hall–Kier alpha value is -1.10. The quantitative estimate of drug-likeness (QED) is 0.576. The van der Waals surface area contributed by atoms with Crippen LogP contribution in [0.5, 0.6) is 0 Å². The lowest BCUT2D eigenvalue weighted by atomic mass is 9.83. The molecule has 1 rings (SSSR count). The molecule has 1 aliphatic heterocycles. The van der Waals surface area contributed by atoms with Crippen LogP contribution in [0.15, 0.2) is 0 Å². The second-order valence-corrected chi connectivity index (χ2v) is 4.67. The van der Waals surface area contributed by atoms with Crippen molar-refractivity contribution in [2.24, 2.45) is 5.41 Å². The molecular weight excluding hydrogens is 220 g/mol. The van der Waals surface area contributed by atoms with E-state index < -0.39 is 5.97 Å². The fraction of sp³-hybridized carbons (Fsp3) is 0.833. The fourth-order valence-corrected chi connectivity index (χ4v) is 2.19. The molecule has 5 heteroatoms. The van der Waals surface area contributed by atoms with Crippen LogP contribution < -0.4 is 10.6 Å². The number of carboxylic acids is 1. The Labute approximate surface area is 102 Å². The number of carboxylic acid groups (broad SMARTS) is 1. The molecule has 1 aliphatic rings. The fourth-order valence-electron chi connectivity index (χ4n) is 2.19. The first-order chi connectivity index (χ1) is 8.10. The maximum atomic E-state index is 12.0. The van der Waals surface area contributed by atoms with E-state index in [0.29, 0.717) is 13.0 Å². The molecule has 0 aromatic heterocycles. The van der Waals surface area contributed by atoms with Crippen LogP contribution in [0.4, 0.5) is 0 Å². The molecule has 1 fully saturated rings. The zero-order valence-corrected chi connectivity index (χ0v) is 10.4. The van der Waals surface area contributed by atoms with Gasteiger partial charge in [0.05, 0.1) is 5.41 Å². The van der Waals surface area contributed by atoms with Gasteiger partial charge in [-0.15, -0.1) is 0 Å². The average Bonchev–Trinajstić information content (AvgIpc) is 2.77. The highest BCUT2D eigenvalue weighted by Gasteiger charge is 2.38. The van der Waals surface area contributed by atoms with Crippen molar-refractivity contribution in [3.05, 3.63) is 0 Å². The molecule has 1 amide bonds. The molecule has 3 N–H and O–H groups in total. The molecule has 98 valence electrons. The summed E-state index contributed by atoms with van der Waals surface area (Å²) in [5.74, 6) is -0.665. The van der Waals surface area contributed by atoms with Crippen LogP contribution in [0.25, 0.3) is 0 Å². The molecular formula is C12H22N2O3. The van der Waals surface area contributed by atoms with Gasteiger partial charge in [-0.25, -0.2) is 0 Å². The van der Waals surface area contributed by atoms with Gasteiger partial charge in [-0.2, -0.15) is 0 Å². The van der Waals surface area contributed by atoms with Crippen molar-refractivity contribution >= 4 is 11.9 Å². The number of carbonyl (C=O) groups excluding carboxylic acids is 1. The Kier molecular flexibility index (Phi) is 5.41. The van der Waals surface area contributed by atoms with E-state index >= 15 is 0 Å². The van der Waals surface area contributed by atoms with Crippen molar-refractivity contribution in [2.75, 3.05) is 19.6 Å². The van der Waals surface area contributed by atoms with Gasteiger partial charge in [0.1, 0.15) is 0 Å². The van der Waals surface area contributed by atoms with Gasteiger partial charge in [-0.1, -0.05) is 6.92 Å². The van der Waals surface area contributed by atoms with Crippen LogP contribution >= 0.6 is 0 Å². The number of hydrogen-bond donors (Lipinski definition) is 3. The normalized spacial score (nSPS) is 23.6. The van der Waals surface area contributed by atoms with Crippen LogP contribution in [0.1, 0.15) is 39.0 Å². The van der Waals surface area contributed by atoms with Gasteiger partial charge < -0.3 is 15.7 Å². The van der Waals surface area contributed by atoms with Gasteiger partial charge in [0.15, 0.2) is 0 Å². The Balaban J connectivity index is 2.22. The van der Waals surface area contributed by atoms with Crippen LogP contribution in [0.2, 0.25) is 0 Å². The van der Waals surface area contributed by atoms with Gasteiger partial charge in [-0.3, -0.25) is 9.59 Å². The standard InChI is InChI=1S/C12H22N2O3/c1-2-12(6-8-13-9-12)11(17)14-7-4-3-5-10(15)16/h13H,2-9H2,1H3,(H,14,17)(H,15,16). The van der Waals surface area contributed by atoms with Crippen molar-refractivity contribution in [1.82, 2.24) is 10.6 Å². The zero-order valence-electron chi connectivity index (χ0n) is 10.4. The Bertz CT molecular complexity index is 273. The second-order valence-electron chi connectivity index (χ2n) is 4.67. The molecule has 17 heavy (non-hydrogen) atoms. The highest BCUT2D eigenvalue weighted by atomic mass is 16.4. The summed E-state index contributed by atoms with van der Waals surface area (Å²) in [7, 11) is 0. The van der Waals surface area contributed by atoms with Gasteiger partial charge in [0, 0.05) is 19.5 Å². The second kappa shape index (κ2) is 6.59. The topological polar surface area (TPSA) is 78.4 Å². The summed E-state index contributed by atoms with van der Waals surface area (Å²) in [6.45, 7) is 4.27. The Morgan fingerprint density at radius 2 is 2.18 bits per heavy atom. The third-order valence-electron chi connectivity index (χ3n) is 3.51. The number of nitrogens with one attached hydrogen (secondary N) is 2. The SMILES string of the molecule is CCC1(C(=O)NCCCCC(=O)O)CCNC1. The molecule has 0 aliphatic carbocycles. The van der Waals surface area contributed by atoms with Crippen molar-refractivity contribution in [3.63, 3.8) is 0 Å². The van der Waals surface area contributed by atoms with Crippen molar-refractivity contribution in [1.29, 1.82) is 0 Å². The molecule has 0 saturated carbocycles. The van der Waals surface area contributed by atoms with Crippen molar-refractivity contribution in [3.8, 4) is 0 Å². The third-order valence-corrected chi connectivity index (χ3v) is 3.51. The minimum Gasteiger partial charge on any atom is -0.481 e. The van der Waals surface area contributed by atoms with E-state index in [1.165, 1.54) is 0 Å². The van der Waals surface area contributed by atoms with Crippen LogP contribution in [-0.4, -0.2) is 36.6 Å². The third kappa shape index (κ3) is 4.00. The molecule has 1 atom stereocenters. The van der Waals surface area contributed by atoms with Crippen molar-refractivity contribution < 1.29 is 14.7 Å². The maximum Gasteiger partial charge on any atom is 0.303 e. The minimum absolute atomic E-state index is 0.111. The summed E-state index contributed by atoms with van der Waals surface area (Å²) in [5.41, 5.74) is -0.243. The molecule has 0 bridgehead atoms. The Morgan fingerprint density at radius 3 is 2.71 bits per heavy atom. The number of aliphatic carboxylic acids is 1. The van der Waals surface area contributed by atoms with E-state index in [-0.39, 0.29) is 17.7 Å². The summed E-state index contributed by atoms with van der Waals surface area (Å²) < 4.78 is 0. The van der Waals surface area contributed by atoms with Gasteiger partial charge >= 0.3 is 5.97 Å². The molecule has 1 unspecified atom stereocenters. The monoisotopic (exact) mass is 242 g/mol. The van der Waals surface area contributed by atoms with E-state index in [1.54, 1.807) is 0 Å². The molecule has 1 heterocycles. The van der Waals surface area contributed by atoms with Crippen LogP contribution in [0.3, 0.4) is 0 Å². The lowest BCUT2D eigenvalue weighted by Gasteiger charge is -2.25. The first kappa shape index (κ1) is 14.0. The van der Waals surface area contributed by atoms with Gasteiger partial charge in [0.25, 0.3) is 0 Å². The van der Waals surface area contributed by atoms with E-state index in [4.69, 9.17) is 5.11 Å². The average molecular weight is 242 g/mol. The van der Waals surface area contributed by atoms with E-state index in [9.17, 15) is 9.59 Å². The zero-order chi connectivity index (χ0) is 12.7. The Morgan fingerprint density at radius 1 is 1.41 bits per heavy atom. The van der Waals surface area contributed by atoms with E-state index in [1.807, 2.05) is 6.92 Å². The molecule has 0 spiro atoms. The molecule has 0 aromatic rings. The maximum absolute atomic E-state index is 12.0. The largest absolute Gasteiger partial charge is 0.481 e. The summed E-state index contributed by atoms with van der Waals surface area (Å²) in [4.78, 5) is 22.3. The lowest BCUT2D eigenvalue weighted by Crippen LogP contribution is -2.42. The predicted octanol–water partition coefficient (Wildman–Crippen LogP) is 0.747. The highest BCUT2D eigenvalue weighted by molar-refractivity contribution is 5.83. The number of hydrogen-bond acceptors (Lipinski definition) is 3. The van der Waals surface area contributed by atoms with Crippen LogP contribution in [-0.2, 0) is 9.59 Å². The smallest absolute Gasteiger partial charge is 0.303 e. The molecule has 1 saturated heterocycles. The number of rotatable bonds is 7. The van der Waals surface area contributed by atoms with Crippen molar-refractivity contribution in [2.45, 2.75) is 39.0 Å². The van der Waals surface area contributed by atoms with E-state index in [0.717, 1.165) is 32.4 Å². The van der Waals surface area contributed by atoms with E-state index in [2.05, 4.69) is 10.6 Å². The lowest BCUT2D eigenvalue weighted by molar-refractivity contribution is -0.137.